The van der Waals surface area contributed by atoms with Gasteiger partial charge < -0.3 is 10.1 Å². The number of halogens is 1. The largest absolute Gasteiger partial charge is 0.379 e. The van der Waals surface area contributed by atoms with E-state index in [2.05, 4.69) is 10.3 Å². The Labute approximate surface area is 128 Å². The van der Waals surface area contributed by atoms with Crippen molar-refractivity contribution in [2.24, 2.45) is 0 Å². The minimum Gasteiger partial charge on any atom is -0.379 e. The van der Waals surface area contributed by atoms with Crippen molar-refractivity contribution in [2.45, 2.75) is 31.4 Å². The zero-order valence-corrected chi connectivity index (χ0v) is 12.6. The number of aromatic nitrogens is 1. The van der Waals surface area contributed by atoms with Gasteiger partial charge in [-0.25, -0.2) is 4.98 Å². The predicted molar refractivity (Wildman–Crippen MR) is 82.7 cm³/mol. The Balaban J connectivity index is 1.84. The number of nitrogens with zero attached hydrogens (tertiary/aromatic N) is 1. The third kappa shape index (κ3) is 2.87. The second-order valence-corrected chi connectivity index (χ2v) is 5.66. The SMILES string of the molecule is COC1CCCC1NC(=O)c1cc2ccccc2c(Cl)n1. The maximum Gasteiger partial charge on any atom is 0.270 e. The van der Waals surface area contributed by atoms with Crippen LogP contribution in [-0.2, 0) is 4.74 Å². The molecule has 1 aliphatic carbocycles. The van der Waals surface area contributed by atoms with E-state index < -0.39 is 0 Å². The van der Waals surface area contributed by atoms with Crippen LogP contribution in [0.15, 0.2) is 30.3 Å². The number of amides is 1. The summed E-state index contributed by atoms with van der Waals surface area (Å²) < 4.78 is 5.39. The van der Waals surface area contributed by atoms with Crippen LogP contribution in [0.1, 0.15) is 29.8 Å². The van der Waals surface area contributed by atoms with Gasteiger partial charge in [0.15, 0.2) is 0 Å². The summed E-state index contributed by atoms with van der Waals surface area (Å²) in [6, 6.07) is 9.45. The molecule has 1 aromatic carbocycles. The highest BCUT2D eigenvalue weighted by atomic mass is 35.5. The monoisotopic (exact) mass is 304 g/mol. The molecule has 5 heteroatoms. The van der Waals surface area contributed by atoms with E-state index >= 15 is 0 Å². The zero-order valence-electron chi connectivity index (χ0n) is 11.8. The Morgan fingerprint density at radius 1 is 1.38 bits per heavy atom. The normalized spacial score (nSPS) is 21.6. The fourth-order valence-electron chi connectivity index (χ4n) is 2.89. The van der Waals surface area contributed by atoms with E-state index in [0.717, 1.165) is 30.0 Å². The first kappa shape index (κ1) is 14.3. The molecule has 0 radical (unpaired) electrons. The van der Waals surface area contributed by atoms with E-state index in [0.29, 0.717) is 10.8 Å². The number of fused-ring (bicyclic) bond motifs is 1. The minimum absolute atomic E-state index is 0.0505. The lowest BCUT2D eigenvalue weighted by atomic mass is 10.1. The summed E-state index contributed by atoms with van der Waals surface area (Å²) in [5, 5.41) is 5.12. The van der Waals surface area contributed by atoms with Crippen molar-refractivity contribution in [3.8, 4) is 0 Å². The molecule has 1 aromatic heterocycles. The second kappa shape index (κ2) is 6.00. The molecular weight excluding hydrogens is 288 g/mol. The molecule has 1 heterocycles. The molecule has 1 N–H and O–H groups in total. The number of benzene rings is 1. The zero-order chi connectivity index (χ0) is 14.8. The van der Waals surface area contributed by atoms with E-state index in [1.165, 1.54) is 0 Å². The average Bonchev–Trinajstić information content (AvgIpc) is 2.94. The van der Waals surface area contributed by atoms with Gasteiger partial charge in [-0.2, -0.15) is 0 Å². The van der Waals surface area contributed by atoms with Crippen LogP contribution in [0.3, 0.4) is 0 Å². The van der Waals surface area contributed by atoms with E-state index in [1.54, 1.807) is 13.2 Å². The van der Waals surface area contributed by atoms with Crippen molar-refractivity contribution in [1.82, 2.24) is 10.3 Å². The number of methoxy groups -OCH3 is 1. The number of carbonyl (C=O) groups excluding carboxylic acids is 1. The van der Waals surface area contributed by atoms with Crippen LogP contribution in [0, 0.1) is 0 Å². The van der Waals surface area contributed by atoms with Gasteiger partial charge in [-0.05, 0) is 30.7 Å². The van der Waals surface area contributed by atoms with Crippen LogP contribution >= 0.6 is 11.6 Å². The molecular formula is C16H17ClN2O2. The highest BCUT2D eigenvalue weighted by Gasteiger charge is 2.29. The number of hydrogen-bond donors (Lipinski definition) is 1. The molecule has 0 aliphatic heterocycles. The molecule has 1 fully saturated rings. The van der Waals surface area contributed by atoms with Crippen molar-refractivity contribution < 1.29 is 9.53 Å². The number of nitrogens with one attached hydrogen (secondary N) is 1. The molecule has 3 rings (SSSR count). The van der Waals surface area contributed by atoms with Crippen molar-refractivity contribution in [3.63, 3.8) is 0 Å². The molecule has 1 amide bonds. The summed E-state index contributed by atoms with van der Waals surface area (Å²) >= 11 is 6.16. The number of rotatable bonds is 3. The molecule has 1 saturated carbocycles. The Kier molecular flexibility index (Phi) is 4.08. The standard InChI is InChI=1S/C16H17ClN2O2/c1-21-14-8-4-7-12(14)19-16(20)13-9-10-5-2-3-6-11(10)15(17)18-13/h2-3,5-6,9,12,14H,4,7-8H2,1H3,(H,19,20). The molecule has 2 aromatic rings. The third-order valence-electron chi connectivity index (χ3n) is 4.00. The highest BCUT2D eigenvalue weighted by Crippen LogP contribution is 2.24. The van der Waals surface area contributed by atoms with Crippen LogP contribution < -0.4 is 5.32 Å². The van der Waals surface area contributed by atoms with Gasteiger partial charge in [0, 0.05) is 12.5 Å². The molecule has 110 valence electrons. The summed E-state index contributed by atoms with van der Waals surface area (Å²) in [4.78, 5) is 16.6. The van der Waals surface area contributed by atoms with Gasteiger partial charge in [0.2, 0.25) is 0 Å². The minimum atomic E-state index is -0.198. The maximum atomic E-state index is 12.4. The molecule has 1 aliphatic rings. The van der Waals surface area contributed by atoms with Gasteiger partial charge in [-0.3, -0.25) is 4.79 Å². The number of pyridine rings is 1. The molecule has 0 spiro atoms. The highest BCUT2D eigenvalue weighted by molar-refractivity contribution is 6.34. The molecule has 2 atom stereocenters. The number of hydrogen-bond acceptors (Lipinski definition) is 3. The lowest BCUT2D eigenvalue weighted by Gasteiger charge is -2.19. The van der Waals surface area contributed by atoms with Gasteiger partial charge in [-0.1, -0.05) is 35.9 Å². The molecule has 4 nitrogen and oxygen atoms in total. The summed E-state index contributed by atoms with van der Waals surface area (Å²) in [6.07, 6.45) is 3.07. The fourth-order valence-corrected chi connectivity index (χ4v) is 3.15. The second-order valence-electron chi connectivity index (χ2n) is 5.30. The topological polar surface area (TPSA) is 51.2 Å². The third-order valence-corrected chi connectivity index (χ3v) is 4.29. The first-order valence-corrected chi connectivity index (χ1v) is 7.46. The summed E-state index contributed by atoms with van der Waals surface area (Å²) in [7, 11) is 1.68. The quantitative estimate of drug-likeness (QED) is 0.886. The van der Waals surface area contributed by atoms with Gasteiger partial charge >= 0.3 is 0 Å². The van der Waals surface area contributed by atoms with Crippen LogP contribution in [0.2, 0.25) is 5.15 Å². The van der Waals surface area contributed by atoms with Crippen molar-refractivity contribution in [3.05, 3.63) is 41.2 Å². The number of carbonyl (C=O) groups is 1. The predicted octanol–water partition coefficient (Wildman–Crippen LogP) is 3.19. The summed E-state index contributed by atoms with van der Waals surface area (Å²) in [5.74, 6) is -0.198. The van der Waals surface area contributed by atoms with E-state index in [-0.39, 0.29) is 18.1 Å². The number of ether oxygens (including phenoxy) is 1. The molecule has 0 saturated heterocycles. The first-order chi connectivity index (χ1) is 10.2. The van der Waals surface area contributed by atoms with Crippen LogP contribution in [-0.4, -0.2) is 30.1 Å². The smallest absolute Gasteiger partial charge is 0.270 e. The van der Waals surface area contributed by atoms with E-state index in [1.807, 2.05) is 24.3 Å². The Hall–Kier alpha value is -1.65. The lowest BCUT2D eigenvalue weighted by Crippen LogP contribution is -2.41. The Morgan fingerprint density at radius 3 is 3.00 bits per heavy atom. The van der Waals surface area contributed by atoms with Crippen LogP contribution in [0.5, 0.6) is 0 Å². The Bertz CT molecular complexity index is 674. The molecule has 21 heavy (non-hydrogen) atoms. The van der Waals surface area contributed by atoms with Crippen molar-refractivity contribution in [2.75, 3.05) is 7.11 Å². The summed E-state index contributed by atoms with van der Waals surface area (Å²) in [6.45, 7) is 0. The molecule has 2 unspecified atom stereocenters. The first-order valence-electron chi connectivity index (χ1n) is 7.08. The Morgan fingerprint density at radius 2 is 2.19 bits per heavy atom. The van der Waals surface area contributed by atoms with Crippen molar-refractivity contribution in [1.29, 1.82) is 0 Å². The van der Waals surface area contributed by atoms with Gasteiger partial charge in [0.05, 0.1) is 12.1 Å². The van der Waals surface area contributed by atoms with Crippen molar-refractivity contribution >= 4 is 28.3 Å². The fraction of sp³-hybridized carbons (Fsp3) is 0.375. The van der Waals surface area contributed by atoms with Gasteiger partial charge in [0.1, 0.15) is 10.8 Å². The molecule has 0 bridgehead atoms. The summed E-state index contributed by atoms with van der Waals surface area (Å²) in [5.41, 5.74) is 0.348. The average molecular weight is 305 g/mol. The van der Waals surface area contributed by atoms with E-state index in [9.17, 15) is 4.79 Å². The lowest BCUT2D eigenvalue weighted by molar-refractivity contribution is 0.0719. The maximum absolute atomic E-state index is 12.4. The van der Waals surface area contributed by atoms with Gasteiger partial charge in [-0.15, -0.1) is 0 Å². The van der Waals surface area contributed by atoms with Gasteiger partial charge in [0.25, 0.3) is 5.91 Å². The van der Waals surface area contributed by atoms with Crippen LogP contribution in [0.25, 0.3) is 10.8 Å². The van der Waals surface area contributed by atoms with E-state index in [4.69, 9.17) is 16.3 Å². The van der Waals surface area contributed by atoms with Crippen LogP contribution in [0.4, 0.5) is 0 Å².